The predicted molar refractivity (Wildman–Crippen MR) is 87.4 cm³/mol. The lowest BCUT2D eigenvalue weighted by atomic mass is 10.3. The molecule has 0 bridgehead atoms. The van der Waals surface area contributed by atoms with E-state index in [2.05, 4.69) is 44.6 Å². The van der Waals surface area contributed by atoms with Crippen LogP contribution in [0.5, 0.6) is 0 Å². The molecule has 0 atom stereocenters. The Balaban J connectivity index is 2.02. The summed E-state index contributed by atoms with van der Waals surface area (Å²) >= 11 is 3.62. The van der Waals surface area contributed by atoms with Crippen LogP contribution in [0, 0.1) is 0 Å². The highest BCUT2D eigenvalue weighted by molar-refractivity contribution is 9.10. The molecule has 6 heteroatoms. The van der Waals surface area contributed by atoms with Crippen molar-refractivity contribution in [2.75, 3.05) is 11.9 Å². The SMILES string of the molecule is CCCNc1nc(-c2cncn2C2CC2)nc(CC)c1Br. The second kappa shape index (κ2) is 6.13. The van der Waals surface area contributed by atoms with Gasteiger partial charge in [-0.05, 0) is 41.6 Å². The molecular formula is C15H20BrN5. The summed E-state index contributed by atoms with van der Waals surface area (Å²) < 4.78 is 3.17. The molecule has 0 amide bonds. The zero-order chi connectivity index (χ0) is 14.8. The molecule has 2 aromatic heterocycles. The second-order valence-corrected chi connectivity index (χ2v) is 6.15. The van der Waals surface area contributed by atoms with E-state index in [9.17, 15) is 0 Å². The van der Waals surface area contributed by atoms with Crippen LogP contribution in [0.2, 0.25) is 0 Å². The molecule has 1 aliphatic rings. The van der Waals surface area contributed by atoms with Crippen molar-refractivity contribution in [3.05, 3.63) is 22.7 Å². The van der Waals surface area contributed by atoms with E-state index in [0.717, 1.165) is 46.9 Å². The number of rotatable bonds is 6. The highest BCUT2D eigenvalue weighted by Gasteiger charge is 2.27. The number of aryl methyl sites for hydroxylation is 1. The number of hydrogen-bond donors (Lipinski definition) is 1. The van der Waals surface area contributed by atoms with Crippen LogP contribution >= 0.6 is 15.9 Å². The van der Waals surface area contributed by atoms with E-state index in [0.29, 0.717) is 6.04 Å². The van der Waals surface area contributed by atoms with Crippen molar-refractivity contribution in [2.45, 2.75) is 45.6 Å². The zero-order valence-electron chi connectivity index (χ0n) is 12.4. The van der Waals surface area contributed by atoms with Gasteiger partial charge in [0, 0.05) is 12.6 Å². The number of imidazole rings is 1. The monoisotopic (exact) mass is 349 g/mol. The van der Waals surface area contributed by atoms with Crippen LogP contribution in [-0.4, -0.2) is 26.1 Å². The molecule has 0 unspecified atom stereocenters. The fraction of sp³-hybridized carbons (Fsp3) is 0.533. The maximum Gasteiger partial charge on any atom is 0.180 e. The van der Waals surface area contributed by atoms with Crippen molar-refractivity contribution in [1.82, 2.24) is 19.5 Å². The van der Waals surface area contributed by atoms with Crippen molar-refractivity contribution in [3.8, 4) is 11.5 Å². The quantitative estimate of drug-likeness (QED) is 0.861. The molecular weight excluding hydrogens is 330 g/mol. The lowest BCUT2D eigenvalue weighted by Crippen LogP contribution is -2.08. The fourth-order valence-electron chi connectivity index (χ4n) is 2.32. The van der Waals surface area contributed by atoms with Gasteiger partial charge in [-0.2, -0.15) is 0 Å². The van der Waals surface area contributed by atoms with Gasteiger partial charge in [-0.15, -0.1) is 0 Å². The largest absolute Gasteiger partial charge is 0.369 e. The highest BCUT2D eigenvalue weighted by Crippen LogP contribution is 2.38. The Kier molecular flexibility index (Phi) is 4.24. The molecule has 0 radical (unpaired) electrons. The van der Waals surface area contributed by atoms with Crippen molar-refractivity contribution in [1.29, 1.82) is 0 Å². The third-order valence-electron chi connectivity index (χ3n) is 3.63. The number of anilines is 1. The van der Waals surface area contributed by atoms with Gasteiger partial charge in [0.2, 0.25) is 0 Å². The maximum absolute atomic E-state index is 4.71. The smallest absolute Gasteiger partial charge is 0.180 e. The molecule has 0 saturated heterocycles. The Morgan fingerprint density at radius 3 is 2.81 bits per heavy atom. The first-order valence-electron chi connectivity index (χ1n) is 7.57. The second-order valence-electron chi connectivity index (χ2n) is 5.35. The minimum Gasteiger partial charge on any atom is -0.369 e. The van der Waals surface area contributed by atoms with Crippen molar-refractivity contribution in [2.24, 2.45) is 0 Å². The molecule has 0 spiro atoms. The Morgan fingerprint density at radius 2 is 2.14 bits per heavy atom. The Hall–Kier alpha value is -1.43. The van der Waals surface area contributed by atoms with Gasteiger partial charge in [0.05, 0.1) is 22.7 Å². The van der Waals surface area contributed by atoms with Gasteiger partial charge >= 0.3 is 0 Å². The molecule has 1 saturated carbocycles. The van der Waals surface area contributed by atoms with Gasteiger partial charge in [0.15, 0.2) is 5.82 Å². The van der Waals surface area contributed by atoms with E-state index in [1.165, 1.54) is 12.8 Å². The molecule has 0 aliphatic heterocycles. The molecule has 1 aliphatic carbocycles. The van der Waals surface area contributed by atoms with E-state index < -0.39 is 0 Å². The van der Waals surface area contributed by atoms with Gasteiger partial charge in [-0.25, -0.2) is 15.0 Å². The molecule has 0 aromatic carbocycles. The summed E-state index contributed by atoms with van der Waals surface area (Å²) in [6.07, 6.45) is 8.14. The lowest BCUT2D eigenvalue weighted by Gasteiger charge is -2.13. The van der Waals surface area contributed by atoms with E-state index in [1.54, 1.807) is 0 Å². The topological polar surface area (TPSA) is 55.6 Å². The molecule has 2 heterocycles. The van der Waals surface area contributed by atoms with Crippen LogP contribution in [0.1, 0.15) is 44.8 Å². The minimum absolute atomic E-state index is 0.576. The molecule has 2 aromatic rings. The highest BCUT2D eigenvalue weighted by atomic mass is 79.9. The number of hydrogen-bond acceptors (Lipinski definition) is 4. The third kappa shape index (κ3) is 2.95. The first-order chi connectivity index (χ1) is 10.2. The van der Waals surface area contributed by atoms with Crippen LogP contribution in [0.4, 0.5) is 5.82 Å². The van der Waals surface area contributed by atoms with Crippen LogP contribution in [0.25, 0.3) is 11.5 Å². The fourth-order valence-corrected chi connectivity index (χ4v) is 2.92. The van der Waals surface area contributed by atoms with Gasteiger partial charge < -0.3 is 9.88 Å². The van der Waals surface area contributed by atoms with Crippen LogP contribution < -0.4 is 5.32 Å². The van der Waals surface area contributed by atoms with Crippen LogP contribution in [-0.2, 0) is 6.42 Å². The molecule has 3 rings (SSSR count). The average Bonchev–Trinajstić information content (AvgIpc) is 3.23. The summed E-state index contributed by atoms with van der Waals surface area (Å²) in [5.41, 5.74) is 2.04. The van der Waals surface area contributed by atoms with Crippen molar-refractivity contribution < 1.29 is 0 Å². The normalized spacial score (nSPS) is 14.4. The van der Waals surface area contributed by atoms with E-state index in [1.807, 2.05) is 12.5 Å². The first-order valence-corrected chi connectivity index (χ1v) is 8.36. The Labute approximate surface area is 133 Å². The summed E-state index contributed by atoms with van der Waals surface area (Å²) in [5.74, 6) is 1.64. The molecule has 112 valence electrons. The van der Waals surface area contributed by atoms with Crippen LogP contribution in [0.15, 0.2) is 17.0 Å². The molecule has 21 heavy (non-hydrogen) atoms. The first kappa shape index (κ1) is 14.5. The summed E-state index contributed by atoms with van der Waals surface area (Å²) in [5, 5.41) is 3.38. The number of halogens is 1. The summed E-state index contributed by atoms with van der Waals surface area (Å²) in [6.45, 7) is 5.16. The Bertz CT molecular complexity index is 633. The zero-order valence-corrected chi connectivity index (χ0v) is 14.0. The third-order valence-corrected chi connectivity index (χ3v) is 4.47. The number of nitrogens with zero attached hydrogens (tertiary/aromatic N) is 4. The average molecular weight is 350 g/mol. The van der Waals surface area contributed by atoms with Gasteiger partial charge in [0.25, 0.3) is 0 Å². The van der Waals surface area contributed by atoms with Crippen molar-refractivity contribution in [3.63, 3.8) is 0 Å². The molecule has 1 N–H and O–H groups in total. The van der Waals surface area contributed by atoms with E-state index in [4.69, 9.17) is 9.97 Å². The molecule has 5 nitrogen and oxygen atoms in total. The summed E-state index contributed by atoms with van der Waals surface area (Å²) in [4.78, 5) is 13.7. The maximum atomic E-state index is 4.71. The predicted octanol–water partition coefficient (Wildman–Crippen LogP) is 3.82. The van der Waals surface area contributed by atoms with Crippen molar-refractivity contribution >= 4 is 21.7 Å². The van der Waals surface area contributed by atoms with Crippen LogP contribution in [0.3, 0.4) is 0 Å². The minimum atomic E-state index is 0.576. The van der Waals surface area contributed by atoms with Gasteiger partial charge in [-0.3, -0.25) is 0 Å². The van der Waals surface area contributed by atoms with Gasteiger partial charge in [0.1, 0.15) is 11.5 Å². The van der Waals surface area contributed by atoms with Gasteiger partial charge in [-0.1, -0.05) is 13.8 Å². The number of aromatic nitrogens is 4. The summed E-state index contributed by atoms with van der Waals surface area (Å²) in [7, 11) is 0. The summed E-state index contributed by atoms with van der Waals surface area (Å²) in [6, 6.07) is 0.576. The lowest BCUT2D eigenvalue weighted by molar-refractivity contribution is 0.742. The van der Waals surface area contributed by atoms with E-state index in [-0.39, 0.29) is 0 Å². The number of nitrogens with one attached hydrogen (secondary N) is 1. The van der Waals surface area contributed by atoms with E-state index >= 15 is 0 Å². The standard InChI is InChI=1S/C15H20BrN5/c1-3-7-18-15-13(16)11(4-2)19-14(20-15)12-8-17-9-21(12)10-5-6-10/h8-10H,3-7H2,1-2H3,(H,18,19,20). The Morgan fingerprint density at radius 1 is 1.33 bits per heavy atom. The molecule has 1 fully saturated rings.